The zero-order chi connectivity index (χ0) is 16.6. The molecule has 1 N–H and O–H groups in total. The largest absolute Gasteiger partial charge is 0.480 e. The fraction of sp³-hybridized carbons (Fsp3) is 0.222. The number of aryl methyl sites for hydroxylation is 1. The second-order valence-corrected chi connectivity index (χ2v) is 5.60. The SMILES string of the molecule is Cc1ccc2c(c1)N(C(C)C(=O)O)C(=O)C(c1ccccc1)O2. The molecule has 0 bridgehead atoms. The molecular formula is C18H17NO4. The van der Waals surface area contributed by atoms with E-state index < -0.39 is 18.1 Å². The molecule has 2 unspecified atom stereocenters. The van der Waals surface area contributed by atoms with Crippen LogP contribution < -0.4 is 9.64 Å². The van der Waals surface area contributed by atoms with Crippen LogP contribution in [0, 0.1) is 6.92 Å². The first-order valence-corrected chi connectivity index (χ1v) is 7.37. The number of anilines is 1. The Morgan fingerprint density at radius 3 is 2.57 bits per heavy atom. The van der Waals surface area contributed by atoms with Gasteiger partial charge in [0.15, 0.2) is 0 Å². The van der Waals surface area contributed by atoms with E-state index in [2.05, 4.69) is 0 Å². The third kappa shape index (κ3) is 2.65. The number of carbonyl (C=O) groups excluding carboxylic acids is 1. The maximum Gasteiger partial charge on any atom is 0.326 e. The number of nitrogens with zero attached hydrogens (tertiary/aromatic N) is 1. The van der Waals surface area contributed by atoms with E-state index in [1.807, 2.05) is 31.2 Å². The van der Waals surface area contributed by atoms with Gasteiger partial charge in [0.25, 0.3) is 5.91 Å². The average molecular weight is 311 g/mol. The molecule has 0 saturated carbocycles. The van der Waals surface area contributed by atoms with Gasteiger partial charge in [-0.15, -0.1) is 0 Å². The summed E-state index contributed by atoms with van der Waals surface area (Å²) in [5.41, 5.74) is 2.13. The molecule has 3 rings (SSSR count). The second kappa shape index (κ2) is 5.76. The van der Waals surface area contributed by atoms with E-state index >= 15 is 0 Å². The molecular weight excluding hydrogens is 294 g/mol. The number of carbonyl (C=O) groups is 2. The van der Waals surface area contributed by atoms with E-state index in [1.165, 1.54) is 11.8 Å². The number of aliphatic carboxylic acids is 1. The van der Waals surface area contributed by atoms with Crippen LogP contribution in [0.5, 0.6) is 5.75 Å². The van der Waals surface area contributed by atoms with Crippen LogP contribution in [-0.4, -0.2) is 23.0 Å². The van der Waals surface area contributed by atoms with Crippen LogP contribution in [0.25, 0.3) is 0 Å². The second-order valence-electron chi connectivity index (χ2n) is 5.60. The standard InChI is InChI=1S/C18H17NO4/c1-11-8-9-15-14(10-11)19(12(2)18(21)22)17(20)16(23-15)13-6-4-3-5-7-13/h3-10,12,16H,1-2H3,(H,21,22). The lowest BCUT2D eigenvalue weighted by Gasteiger charge is -2.36. The van der Waals surface area contributed by atoms with Gasteiger partial charge in [0, 0.05) is 5.56 Å². The highest BCUT2D eigenvalue weighted by Crippen LogP contribution is 2.40. The topological polar surface area (TPSA) is 66.8 Å². The Bertz CT molecular complexity index is 757. The summed E-state index contributed by atoms with van der Waals surface area (Å²) in [4.78, 5) is 25.6. The molecule has 1 aliphatic heterocycles. The van der Waals surface area contributed by atoms with Crippen molar-refractivity contribution in [3.05, 3.63) is 59.7 Å². The maximum absolute atomic E-state index is 12.9. The van der Waals surface area contributed by atoms with Crippen molar-refractivity contribution >= 4 is 17.6 Å². The molecule has 2 atom stereocenters. The van der Waals surface area contributed by atoms with Crippen molar-refractivity contribution in [3.8, 4) is 5.75 Å². The van der Waals surface area contributed by atoms with Gasteiger partial charge in [-0.25, -0.2) is 4.79 Å². The molecule has 0 spiro atoms. The molecule has 0 aromatic heterocycles. The minimum Gasteiger partial charge on any atom is -0.480 e. The van der Waals surface area contributed by atoms with Crippen LogP contribution in [0.1, 0.15) is 24.2 Å². The van der Waals surface area contributed by atoms with E-state index in [0.29, 0.717) is 17.0 Å². The van der Waals surface area contributed by atoms with Crippen molar-refractivity contribution in [2.45, 2.75) is 26.0 Å². The Balaban J connectivity index is 2.11. The molecule has 0 saturated heterocycles. The van der Waals surface area contributed by atoms with E-state index in [1.54, 1.807) is 24.3 Å². The fourth-order valence-corrected chi connectivity index (χ4v) is 2.69. The van der Waals surface area contributed by atoms with Crippen LogP contribution in [0.3, 0.4) is 0 Å². The Kier molecular flexibility index (Phi) is 3.78. The lowest BCUT2D eigenvalue weighted by atomic mass is 10.0. The number of rotatable bonds is 3. The summed E-state index contributed by atoms with van der Waals surface area (Å²) in [6, 6.07) is 13.5. The van der Waals surface area contributed by atoms with E-state index in [4.69, 9.17) is 4.74 Å². The Labute approximate surface area is 134 Å². The number of hydrogen-bond donors (Lipinski definition) is 1. The summed E-state index contributed by atoms with van der Waals surface area (Å²) in [7, 11) is 0. The van der Waals surface area contributed by atoms with Crippen molar-refractivity contribution in [3.63, 3.8) is 0 Å². The third-order valence-corrected chi connectivity index (χ3v) is 3.93. The summed E-state index contributed by atoms with van der Waals surface area (Å²) < 4.78 is 5.86. The summed E-state index contributed by atoms with van der Waals surface area (Å²) >= 11 is 0. The van der Waals surface area contributed by atoms with E-state index in [9.17, 15) is 14.7 Å². The molecule has 5 heteroatoms. The van der Waals surface area contributed by atoms with Gasteiger partial charge in [-0.3, -0.25) is 9.69 Å². The first-order valence-electron chi connectivity index (χ1n) is 7.37. The molecule has 5 nitrogen and oxygen atoms in total. The van der Waals surface area contributed by atoms with Gasteiger partial charge >= 0.3 is 5.97 Å². The maximum atomic E-state index is 12.9. The molecule has 0 fully saturated rings. The number of fused-ring (bicyclic) bond motifs is 1. The third-order valence-electron chi connectivity index (χ3n) is 3.93. The van der Waals surface area contributed by atoms with Gasteiger partial charge < -0.3 is 9.84 Å². The van der Waals surface area contributed by atoms with Crippen LogP contribution in [0.15, 0.2) is 48.5 Å². The summed E-state index contributed by atoms with van der Waals surface area (Å²) in [6.07, 6.45) is -0.840. The molecule has 2 aromatic carbocycles. The minimum atomic E-state index is -1.06. The number of benzene rings is 2. The van der Waals surface area contributed by atoms with Crippen LogP contribution in [-0.2, 0) is 9.59 Å². The highest BCUT2D eigenvalue weighted by atomic mass is 16.5. The van der Waals surface area contributed by atoms with Crippen molar-refractivity contribution in [1.82, 2.24) is 0 Å². The Hall–Kier alpha value is -2.82. The molecule has 1 amide bonds. The van der Waals surface area contributed by atoms with Crippen LogP contribution in [0.2, 0.25) is 0 Å². The first-order chi connectivity index (χ1) is 11.0. The van der Waals surface area contributed by atoms with Crippen molar-refractivity contribution in [2.75, 3.05) is 4.90 Å². The summed E-state index contributed by atoms with van der Waals surface area (Å²) in [6.45, 7) is 3.39. The molecule has 1 aliphatic rings. The molecule has 2 aromatic rings. The van der Waals surface area contributed by atoms with Crippen molar-refractivity contribution < 1.29 is 19.4 Å². The van der Waals surface area contributed by atoms with Gasteiger partial charge in [-0.2, -0.15) is 0 Å². The predicted octanol–water partition coefficient (Wildman–Crippen LogP) is 2.93. The zero-order valence-corrected chi connectivity index (χ0v) is 12.9. The number of carboxylic acid groups (broad SMARTS) is 1. The fourth-order valence-electron chi connectivity index (χ4n) is 2.69. The lowest BCUT2D eigenvalue weighted by molar-refractivity contribution is -0.141. The summed E-state index contributed by atoms with van der Waals surface area (Å²) in [5.74, 6) is -0.916. The van der Waals surface area contributed by atoms with Crippen molar-refractivity contribution in [2.24, 2.45) is 0 Å². The van der Waals surface area contributed by atoms with Crippen molar-refractivity contribution in [1.29, 1.82) is 0 Å². The van der Waals surface area contributed by atoms with Crippen LogP contribution >= 0.6 is 0 Å². The number of carboxylic acids is 1. The van der Waals surface area contributed by atoms with Gasteiger partial charge in [0.2, 0.25) is 6.10 Å². The zero-order valence-electron chi connectivity index (χ0n) is 12.9. The normalized spacial score (nSPS) is 18.1. The van der Waals surface area contributed by atoms with Gasteiger partial charge in [0.1, 0.15) is 11.8 Å². The van der Waals surface area contributed by atoms with Crippen LogP contribution in [0.4, 0.5) is 5.69 Å². The van der Waals surface area contributed by atoms with Gasteiger partial charge in [-0.05, 0) is 31.5 Å². The highest BCUT2D eigenvalue weighted by Gasteiger charge is 2.40. The Morgan fingerprint density at radius 2 is 1.91 bits per heavy atom. The molecule has 0 aliphatic carbocycles. The molecule has 0 radical (unpaired) electrons. The minimum absolute atomic E-state index is 0.371. The highest BCUT2D eigenvalue weighted by molar-refractivity contribution is 6.04. The van der Waals surface area contributed by atoms with Gasteiger partial charge in [0.05, 0.1) is 5.69 Å². The number of amides is 1. The van der Waals surface area contributed by atoms with Gasteiger partial charge in [-0.1, -0.05) is 36.4 Å². The monoisotopic (exact) mass is 311 g/mol. The first kappa shape index (κ1) is 15.1. The quantitative estimate of drug-likeness (QED) is 0.946. The number of ether oxygens (including phenoxy) is 1. The smallest absolute Gasteiger partial charge is 0.326 e. The molecule has 23 heavy (non-hydrogen) atoms. The predicted molar refractivity (Wildman–Crippen MR) is 85.6 cm³/mol. The Morgan fingerprint density at radius 1 is 1.22 bits per heavy atom. The molecule has 1 heterocycles. The number of hydrogen-bond acceptors (Lipinski definition) is 3. The van der Waals surface area contributed by atoms with E-state index in [0.717, 1.165) is 5.56 Å². The van der Waals surface area contributed by atoms with E-state index in [-0.39, 0.29) is 5.91 Å². The average Bonchev–Trinajstić information content (AvgIpc) is 2.54. The summed E-state index contributed by atoms with van der Waals surface area (Å²) in [5, 5.41) is 9.37. The molecule has 118 valence electrons. The lowest BCUT2D eigenvalue weighted by Crippen LogP contribution is -2.49.